The molecular formula is C38H69N11O12. The number of hydrogen-bond acceptors (Lipinski definition) is 13. The number of aliphatic hydroxyl groups excluding tert-OH is 3. The molecule has 0 aliphatic carbocycles. The zero-order valence-corrected chi connectivity index (χ0v) is 36.2. The van der Waals surface area contributed by atoms with Crippen molar-refractivity contribution in [2.24, 2.45) is 39.9 Å². The van der Waals surface area contributed by atoms with Crippen LogP contribution in [0.15, 0.2) is 4.99 Å². The molecule has 16 N–H and O–H groups in total. The van der Waals surface area contributed by atoms with Gasteiger partial charge in [-0.15, -0.1) is 0 Å². The number of hydrogen-bond donors (Lipinski definition) is 13. The van der Waals surface area contributed by atoms with Crippen molar-refractivity contribution < 1.29 is 58.8 Å². The van der Waals surface area contributed by atoms with Crippen LogP contribution in [0.3, 0.4) is 0 Å². The fourth-order valence-corrected chi connectivity index (χ4v) is 6.38. The van der Waals surface area contributed by atoms with E-state index in [0.29, 0.717) is 19.3 Å². The van der Waals surface area contributed by atoms with Gasteiger partial charge < -0.3 is 74.4 Å². The quantitative estimate of drug-likeness (QED) is 0.0221. The first-order valence-electron chi connectivity index (χ1n) is 20.6. The number of nitrogens with two attached hydrogens (primary N) is 3. The van der Waals surface area contributed by atoms with Crippen LogP contribution in [0.5, 0.6) is 0 Å². The van der Waals surface area contributed by atoms with Crippen molar-refractivity contribution in [1.82, 2.24) is 36.8 Å². The summed E-state index contributed by atoms with van der Waals surface area (Å²) in [5, 5.41) is 54.4. The third-order valence-corrected chi connectivity index (χ3v) is 10.6. The first kappa shape index (κ1) is 53.9. The minimum Gasteiger partial charge on any atom is -0.480 e. The van der Waals surface area contributed by atoms with Gasteiger partial charge in [-0.1, -0.05) is 54.4 Å². The number of aliphatic carboxylic acids is 1. The summed E-state index contributed by atoms with van der Waals surface area (Å²) >= 11 is 0. The van der Waals surface area contributed by atoms with Gasteiger partial charge in [0.15, 0.2) is 5.96 Å². The minimum atomic E-state index is -1.69. The van der Waals surface area contributed by atoms with Gasteiger partial charge in [-0.3, -0.25) is 38.6 Å². The second-order valence-electron chi connectivity index (χ2n) is 15.8. The molecule has 0 aromatic carbocycles. The maximum Gasteiger partial charge on any atom is 0.326 e. The molecule has 0 spiro atoms. The molecule has 1 aliphatic rings. The Morgan fingerprint density at radius 1 is 0.705 bits per heavy atom. The Hall–Kier alpha value is -5.13. The highest BCUT2D eigenvalue weighted by Gasteiger charge is 2.42. The van der Waals surface area contributed by atoms with Gasteiger partial charge in [0, 0.05) is 13.1 Å². The van der Waals surface area contributed by atoms with Crippen LogP contribution in [0, 0.1) is 17.8 Å². The zero-order chi connectivity index (χ0) is 46.7. The Balaban J connectivity index is 3.20. The van der Waals surface area contributed by atoms with E-state index in [1.54, 1.807) is 41.5 Å². The van der Waals surface area contributed by atoms with E-state index in [4.69, 9.17) is 17.2 Å². The number of carbonyl (C=O) groups is 8. The van der Waals surface area contributed by atoms with Crippen molar-refractivity contribution in [2.75, 3.05) is 26.3 Å². The van der Waals surface area contributed by atoms with E-state index in [2.05, 4.69) is 36.9 Å². The minimum absolute atomic E-state index is 0.0290. The van der Waals surface area contributed by atoms with Crippen molar-refractivity contribution in [1.29, 1.82) is 0 Å². The van der Waals surface area contributed by atoms with Gasteiger partial charge in [-0.25, -0.2) is 4.79 Å². The van der Waals surface area contributed by atoms with Crippen LogP contribution in [-0.4, -0.2) is 159 Å². The number of likely N-dealkylation sites (tertiary alicyclic amines) is 1. The average molecular weight is 872 g/mol. The summed E-state index contributed by atoms with van der Waals surface area (Å²) < 4.78 is 0. The number of guanidine groups is 1. The van der Waals surface area contributed by atoms with E-state index >= 15 is 0 Å². The van der Waals surface area contributed by atoms with Crippen molar-refractivity contribution >= 4 is 53.3 Å². The molecule has 0 aromatic rings. The number of rotatable bonds is 26. The summed E-state index contributed by atoms with van der Waals surface area (Å²) in [7, 11) is 0. The summed E-state index contributed by atoms with van der Waals surface area (Å²) in [5.41, 5.74) is 16.4. The monoisotopic (exact) mass is 872 g/mol. The second kappa shape index (κ2) is 26.3. The highest BCUT2D eigenvalue weighted by molar-refractivity contribution is 5.98. The molecule has 23 nitrogen and oxygen atoms in total. The van der Waals surface area contributed by atoms with Crippen LogP contribution in [0.1, 0.15) is 87.0 Å². The summed E-state index contributed by atoms with van der Waals surface area (Å²) in [6.45, 7) is 9.87. The molecule has 1 heterocycles. The number of carbonyl (C=O) groups excluding carboxylic acids is 7. The number of carboxylic acid groups (broad SMARTS) is 1. The van der Waals surface area contributed by atoms with E-state index in [1.807, 2.05) is 0 Å². The maximum atomic E-state index is 14.0. The highest BCUT2D eigenvalue weighted by Crippen LogP contribution is 2.21. The number of nitrogens with zero attached hydrogens (tertiary/aromatic N) is 2. The Labute approximate surface area is 356 Å². The molecule has 1 aliphatic heterocycles. The van der Waals surface area contributed by atoms with Gasteiger partial charge >= 0.3 is 5.97 Å². The van der Waals surface area contributed by atoms with E-state index in [0.717, 1.165) is 0 Å². The van der Waals surface area contributed by atoms with Crippen molar-refractivity contribution in [3.8, 4) is 0 Å². The number of amides is 7. The Bertz CT molecular complexity index is 1540. The van der Waals surface area contributed by atoms with Crippen molar-refractivity contribution in [2.45, 2.75) is 141 Å². The van der Waals surface area contributed by atoms with E-state index in [9.17, 15) is 58.8 Å². The van der Waals surface area contributed by atoms with Gasteiger partial charge in [0.25, 0.3) is 0 Å². The Kier molecular flexibility index (Phi) is 23.2. The molecule has 0 radical (unpaired) electrons. The molecule has 0 saturated carbocycles. The van der Waals surface area contributed by atoms with Gasteiger partial charge in [-0.05, 0) is 50.4 Å². The molecular weight excluding hydrogens is 802 g/mol. The second-order valence-corrected chi connectivity index (χ2v) is 15.8. The van der Waals surface area contributed by atoms with Crippen LogP contribution in [0.25, 0.3) is 0 Å². The SMILES string of the molecule is CC[C@H](C)[C@H](NC(=O)[C@@H](NC(=O)[C@H](CO)NC(=O)[C@@H](NC(=O)[C@@H]1CCCN1C(=O)[C@@H](NC(=O)[C@H](CCCN=C(N)N)NC(=O)[C@@H](N)CO)C(C)C)[C@@H](C)O)[C@@H](C)CC)C(=O)O. The third kappa shape index (κ3) is 16.7. The summed E-state index contributed by atoms with van der Waals surface area (Å²) in [5.74, 6) is -8.82. The summed E-state index contributed by atoms with van der Waals surface area (Å²) in [6.07, 6.45) is 0.0551. The van der Waals surface area contributed by atoms with E-state index < -0.39 is 133 Å². The topological polar surface area (TPSA) is 383 Å². The van der Waals surface area contributed by atoms with Gasteiger partial charge in [-0.2, -0.15) is 0 Å². The molecule has 0 aromatic heterocycles. The fraction of sp³-hybridized carbons (Fsp3) is 0.763. The number of carboxylic acids is 1. The normalized spacial score (nSPS) is 18.7. The van der Waals surface area contributed by atoms with Crippen molar-refractivity contribution in [3.63, 3.8) is 0 Å². The lowest BCUT2D eigenvalue weighted by molar-refractivity contribution is -0.144. The molecule has 1 saturated heterocycles. The van der Waals surface area contributed by atoms with Gasteiger partial charge in [0.05, 0.1) is 19.3 Å². The summed E-state index contributed by atoms with van der Waals surface area (Å²) in [6, 6.07) is -10.8. The molecule has 61 heavy (non-hydrogen) atoms. The number of aliphatic hydroxyl groups is 3. The molecule has 0 bridgehead atoms. The Morgan fingerprint density at radius 2 is 1.23 bits per heavy atom. The molecule has 1 rings (SSSR count). The first-order chi connectivity index (χ1) is 28.6. The molecule has 348 valence electrons. The van der Waals surface area contributed by atoms with Gasteiger partial charge in [0.2, 0.25) is 41.4 Å². The lowest BCUT2D eigenvalue weighted by Gasteiger charge is -2.32. The average Bonchev–Trinajstić information content (AvgIpc) is 3.71. The van der Waals surface area contributed by atoms with Crippen LogP contribution in [0.2, 0.25) is 0 Å². The first-order valence-corrected chi connectivity index (χ1v) is 20.6. The van der Waals surface area contributed by atoms with Crippen LogP contribution < -0.4 is 49.1 Å². The van der Waals surface area contributed by atoms with Crippen LogP contribution >= 0.6 is 0 Å². The van der Waals surface area contributed by atoms with Crippen LogP contribution in [0.4, 0.5) is 0 Å². The molecule has 1 fully saturated rings. The zero-order valence-electron chi connectivity index (χ0n) is 36.2. The van der Waals surface area contributed by atoms with Gasteiger partial charge in [0.1, 0.15) is 48.3 Å². The maximum absolute atomic E-state index is 14.0. The third-order valence-electron chi connectivity index (χ3n) is 10.6. The Morgan fingerprint density at radius 3 is 1.74 bits per heavy atom. The molecule has 11 atom stereocenters. The highest BCUT2D eigenvalue weighted by atomic mass is 16.4. The predicted molar refractivity (Wildman–Crippen MR) is 221 cm³/mol. The van der Waals surface area contributed by atoms with E-state index in [1.165, 1.54) is 11.8 Å². The predicted octanol–water partition coefficient (Wildman–Crippen LogP) is -4.53. The lowest BCUT2D eigenvalue weighted by Crippen LogP contribution is -2.62. The summed E-state index contributed by atoms with van der Waals surface area (Å²) in [4.78, 5) is 111. The number of aliphatic imine (C=N–C) groups is 1. The standard InChI is InChI=1S/C38H69N11O12/c1-8-19(5)27(34(57)47-28(37(60)61)20(6)9-2)46-32(55)24(17-51)44-35(58)29(21(7)52)48-33(56)25-13-11-15-49(25)36(59)26(18(3)4)45-31(54)23(12-10-14-42-38(40)41)43-30(53)22(39)16-50/h18-29,50-52H,8-17,39H2,1-7H3,(H,43,53)(H,44,58)(H,45,54)(H,46,55)(H,47,57)(H,48,56)(H,60,61)(H4,40,41,42)/t19-,20-,21+,22-,23-,24-,25-,26-,27-,28-,29-/m0/s1. The fourth-order valence-electron chi connectivity index (χ4n) is 6.38. The van der Waals surface area contributed by atoms with Crippen molar-refractivity contribution in [3.05, 3.63) is 0 Å². The molecule has 23 heteroatoms. The molecule has 0 unspecified atom stereocenters. The largest absolute Gasteiger partial charge is 0.480 e. The van der Waals surface area contributed by atoms with Crippen LogP contribution in [-0.2, 0) is 38.4 Å². The lowest BCUT2D eigenvalue weighted by atomic mass is 9.95. The smallest absolute Gasteiger partial charge is 0.326 e. The molecule has 7 amide bonds. The number of nitrogens with one attached hydrogen (secondary N) is 6. The van der Waals surface area contributed by atoms with E-state index in [-0.39, 0.29) is 38.3 Å².